The molecule has 0 aliphatic carbocycles. The number of hydrogen-bond acceptors (Lipinski definition) is 6. The van der Waals surface area contributed by atoms with Crippen LogP contribution in [0, 0.1) is 12.7 Å². The summed E-state index contributed by atoms with van der Waals surface area (Å²) in [5.74, 6) is -2.75. The van der Waals surface area contributed by atoms with E-state index in [1.165, 1.54) is 24.3 Å². The predicted octanol–water partition coefficient (Wildman–Crippen LogP) is 4.17. The molecule has 1 unspecified atom stereocenters. The summed E-state index contributed by atoms with van der Waals surface area (Å²) < 4.78 is 14.7. The molecule has 30 heavy (non-hydrogen) atoms. The lowest BCUT2D eigenvalue weighted by molar-refractivity contribution is -0.117. The minimum atomic E-state index is -1.15. The number of aliphatic hydroxyl groups is 1. The van der Waals surface area contributed by atoms with E-state index >= 15 is 0 Å². The fraction of sp³-hybridized carbons (Fsp3) is 0.0909. The molecule has 1 N–H and O–H groups in total. The zero-order valence-corrected chi connectivity index (χ0v) is 16.6. The summed E-state index contributed by atoms with van der Waals surface area (Å²) in [6.07, 6.45) is 2.83. The Balaban J connectivity index is 1.80. The number of carbonyl (C=O) groups is 2. The molecule has 0 spiro atoms. The maximum absolute atomic E-state index is 14.7. The molecule has 1 atom stereocenters. The number of carbonyl (C=O) groups excluding carboxylic acids is 2. The van der Waals surface area contributed by atoms with Gasteiger partial charge in [0.2, 0.25) is 5.13 Å². The third-order valence-corrected chi connectivity index (χ3v) is 5.46. The van der Waals surface area contributed by atoms with Crippen molar-refractivity contribution >= 4 is 34.2 Å². The highest BCUT2D eigenvalue weighted by atomic mass is 32.1. The zero-order chi connectivity index (χ0) is 21.3. The molecule has 4 rings (SSSR count). The van der Waals surface area contributed by atoms with Gasteiger partial charge >= 0.3 is 0 Å². The number of allylic oxidation sites excluding steroid dienone is 1. The molecule has 0 fully saturated rings. The van der Waals surface area contributed by atoms with Gasteiger partial charge in [-0.2, -0.15) is 0 Å². The molecule has 3 aromatic rings. The van der Waals surface area contributed by atoms with Crippen LogP contribution in [0.4, 0.5) is 9.52 Å². The van der Waals surface area contributed by atoms with Crippen LogP contribution in [-0.2, 0) is 9.59 Å². The molecule has 0 bridgehead atoms. The predicted molar refractivity (Wildman–Crippen MR) is 111 cm³/mol. The minimum Gasteiger partial charge on any atom is -0.503 e. The first kappa shape index (κ1) is 19.7. The van der Waals surface area contributed by atoms with Gasteiger partial charge < -0.3 is 5.11 Å². The second-order valence-electron chi connectivity index (χ2n) is 6.57. The van der Waals surface area contributed by atoms with Gasteiger partial charge in [0.25, 0.3) is 5.91 Å². The third kappa shape index (κ3) is 3.53. The lowest BCUT2D eigenvalue weighted by Crippen LogP contribution is -2.31. The molecular formula is C22H16FN3O3S. The lowest BCUT2D eigenvalue weighted by Gasteiger charge is -2.24. The van der Waals surface area contributed by atoms with Crippen LogP contribution in [-0.4, -0.2) is 27.0 Å². The van der Waals surface area contributed by atoms with Gasteiger partial charge in [0.05, 0.1) is 5.57 Å². The van der Waals surface area contributed by atoms with Crippen molar-refractivity contribution in [3.8, 4) is 0 Å². The molecule has 150 valence electrons. The third-order valence-electron chi connectivity index (χ3n) is 4.62. The van der Waals surface area contributed by atoms with Crippen LogP contribution < -0.4 is 4.90 Å². The second-order valence-corrected chi connectivity index (χ2v) is 7.73. The number of nitrogens with zero attached hydrogens (tertiary/aromatic N) is 3. The summed E-state index contributed by atoms with van der Waals surface area (Å²) in [5.41, 5.74) is 0.652. The van der Waals surface area contributed by atoms with Crippen molar-refractivity contribution < 1.29 is 19.1 Å². The first-order valence-corrected chi connectivity index (χ1v) is 9.87. The Morgan fingerprint density at radius 3 is 2.50 bits per heavy atom. The number of aliphatic hydroxyl groups excluding tert-OH is 1. The smallest absolute Gasteiger partial charge is 0.296 e. The minimum absolute atomic E-state index is 0.0826. The molecular weight excluding hydrogens is 405 g/mol. The number of amides is 1. The molecule has 0 radical (unpaired) electrons. The fourth-order valence-electron chi connectivity index (χ4n) is 3.25. The molecule has 6 nitrogen and oxygen atoms in total. The summed E-state index contributed by atoms with van der Waals surface area (Å²) in [5, 5.41) is 19.2. The number of benzene rings is 2. The van der Waals surface area contributed by atoms with Crippen LogP contribution >= 0.6 is 11.3 Å². The molecule has 1 aliphatic rings. The molecule has 1 aromatic heterocycles. The fourth-order valence-corrected chi connectivity index (χ4v) is 3.97. The van der Waals surface area contributed by atoms with Gasteiger partial charge in [-0.05, 0) is 24.6 Å². The van der Waals surface area contributed by atoms with E-state index in [0.29, 0.717) is 5.01 Å². The average molecular weight is 421 g/mol. The van der Waals surface area contributed by atoms with Crippen molar-refractivity contribution in [2.24, 2.45) is 0 Å². The van der Waals surface area contributed by atoms with Crippen molar-refractivity contribution in [2.45, 2.75) is 13.0 Å². The Hall–Kier alpha value is -3.65. The maximum atomic E-state index is 14.7. The standard InChI is InChI=1S/C22H16FN3O3S/c1-13-24-25-22(30-13)26-19(15-9-5-6-10-16(15)23)18(20(28)21(26)29)17(27)12-11-14-7-3-2-4-8-14/h2-12,19,28H,1H3/b12-11+. The van der Waals surface area contributed by atoms with E-state index in [9.17, 15) is 19.1 Å². The van der Waals surface area contributed by atoms with E-state index in [1.54, 1.807) is 19.1 Å². The Morgan fingerprint density at radius 2 is 1.83 bits per heavy atom. The van der Waals surface area contributed by atoms with Gasteiger partial charge in [0, 0.05) is 5.56 Å². The normalized spacial score (nSPS) is 16.7. The molecule has 2 heterocycles. The summed E-state index contributed by atoms with van der Waals surface area (Å²) in [7, 11) is 0. The zero-order valence-electron chi connectivity index (χ0n) is 15.8. The van der Waals surface area contributed by atoms with Gasteiger partial charge in [0.1, 0.15) is 16.9 Å². The van der Waals surface area contributed by atoms with Gasteiger partial charge in [-0.25, -0.2) is 4.39 Å². The number of hydrogen-bond donors (Lipinski definition) is 1. The molecule has 0 saturated carbocycles. The number of anilines is 1. The van der Waals surface area contributed by atoms with Crippen molar-refractivity contribution in [3.63, 3.8) is 0 Å². The summed E-state index contributed by atoms with van der Waals surface area (Å²) in [4.78, 5) is 27.0. The lowest BCUT2D eigenvalue weighted by atomic mass is 9.95. The van der Waals surface area contributed by atoms with E-state index in [-0.39, 0.29) is 16.3 Å². The van der Waals surface area contributed by atoms with E-state index in [4.69, 9.17) is 0 Å². The highest BCUT2D eigenvalue weighted by Crippen LogP contribution is 2.42. The molecule has 8 heteroatoms. The second kappa shape index (κ2) is 8.00. The van der Waals surface area contributed by atoms with E-state index in [1.807, 2.05) is 30.3 Å². The average Bonchev–Trinajstić information content (AvgIpc) is 3.28. The van der Waals surface area contributed by atoms with Crippen LogP contribution in [0.2, 0.25) is 0 Å². The Kier molecular flexibility index (Phi) is 5.24. The van der Waals surface area contributed by atoms with E-state index in [0.717, 1.165) is 21.8 Å². The van der Waals surface area contributed by atoms with Crippen LogP contribution in [0.3, 0.4) is 0 Å². The number of aryl methyl sites for hydroxylation is 1. The quantitative estimate of drug-likeness (QED) is 0.625. The molecule has 1 aliphatic heterocycles. The van der Waals surface area contributed by atoms with Crippen molar-refractivity contribution in [3.05, 3.63) is 94.0 Å². The first-order valence-electron chi connectivity index (χ1n) is 9.06. The number of rotatable bonds is 5. The van der Waals surface area contributed by atoms with Gasteiger partial charge in [-0.1, -0.05) is 65.9 Å². The van der Waals surface area contributed by atoms with Gasteiger partial charge in [-0.3, -0.25) is 14.5 Å². The Bertz CT molecular complexity index is 1190. The van der Waals surface area contributed by atoms with Crippen molar-refractivity contribution in [1.82, 2.24) is 10.2 Å². The topological polar surface area (TPSA) is 83.4 Å². The van der Waals surface area contributed by atoms with E-state index in [2.05, 4.69) is 10.2 Å². The summed E-state index contributed by atoms with van der Waals surface area (Å²) in [6, 6.07) is 13.8. The molecule has 2 aromatic carbocycles. The van der Waals surface area contributed by atoms with Crippen molar-refractivity contribution in [2.75, 3.05) is 4.90 Å². The molecule has 1 amide bonds. The molecule has 0 saturated heterocycles. The monoisotopic (exact) mass is 421 g/mol. The Labute approximate surface area is 175 Å². The van der Waals surface area contributed by atoms with Gasteiger partial charge in [0.15, 0.2) is 11.5 Å². The highest BCUT2D eigenvalue weighted by Gasteiger charge is 2.46. The summed E-state index contributed by atoms with van der Waals surface area (Å²) >= 11 is 1.11. The maximum Gasteiger partial charge on any atom is 0.296 e. The largest absolute Gasteiger partial charge is 0.503 e. The van der Waals surface area contributed by atoms with E-state index < -0.39 is 29.3 Å². The summed E-state index contributed by atoms with van der Waals surface area (Å²) in [6.45, 7) is 1.71. The Morgan fingerprint density at radius 1 is 1.13 bits per heavy atom. The van der Waals surface area contributed by atoms with Crippen LogP contribution in [0.25, 0.3) is 6.08 Å². The van der Waals surface area contributed by atoms with Crippen molar-refractivity contribution in [1.29, 1.82) is 0 Å². The first-order chi connectivity index (χ1) is 14.5. The number of halogens is 1. The number of ketones is 1. The highest BCUT2D eigenvalue weighted by molar-refractivity contribution is 7.15. The van der Waals surface area contributed by atoms with Gasteiger partial charge in [-0.15, -0.1) is 10.2 Å². The number of aromatic nitrogens is 2. The SMILES string of the molecule is Cc1nnc(N2C(=O)C(O)=C(C(=O)/C=C/c3ccccc3)C2c2ccccc2F)s1. The van der Waals surface area contributed by atoms with Crippen LogP contribution in [0.5, 0.6) is 0 Å². The van der Waals surface area contributed by atoms with Crippen LogP contribution in [0.1, 0.15) is 22.2 Å². The van der Waals surface area contributed by atoms with Crippen LogP contribution in [0.15, 0.2) is 72.0 Å².